The third kappa shape index (κ3) is 10.7. The number of aromatic nitrogens is 1. The van der Waals surface area contributed by atoms with Gasteiger partial charge in [0.1, 0.15) is 11.5 Å². The minimum Gasteiger partial charge on any atom is -0.494 e. The third-order valence-electron chi connectivity index (χ3n) is 8.13. The van der Waals surface area contributed by atoms with Gasteiger partial charge in [0.15, 0.2) is 5.75 Å². The maximum absolute atomic E-state index is 14.0. The summed E-state index contributed by atoms with van der Waals surface area (Å²) in [4.78, 5) is 14.0. The lowest BCUT2D eigenvalue weighted by Gasteiger charge is -2.20. The highest BCUT2D eigenvalue weighted by atomic mass is 16.5. The van der Waals surface area contributed by atoms with E-state index in [1.165, 1.54) is 83.5 Å². The van der Waals surface area contributed by atoms with E-state index in [1.807, 2.05) is 63.2 Å². The quantitative estimate of drug-likeness (QED) is 0.101. The average molecular weight is 604 g/mol. The fourth-order valence-electron chi connectivity index (χ4n) is 5.90. The van der Waals surface area contributed by atoms with Crippen molar-refractivity contribution in [3.8, 4) is 28.5 Å². The molecule has 0 bridgehead atoms. The van der Waals surface area contributed by atoms with Crippen LogP contribution in [0.1, 0.15) is 124 Å². The van der Waals surface area contributed by atoms with Crippen molar-refractivity contribution in [2.45, 2.75) is 124 Å². The van der Waals surface area contributed by atoms with Crippen LogP contribution in [0.3, 0.4) is 0 Å². The van der Waals surface area contributed by atoms with Crippen molar-refractivity contribution in [3.63, 3.8) is 0 Å². The molecule has 0 saturated carbocycles. The van der Waals surface area contributed by atoms with Crippen molar-refractivity contribution < 1.29 is 14.2 Å². The molecule has 0 saturated heterocycles. The third-order valence-corrected chi connectivity index (χ3v) is 8.13. The van der Waals surface area contributed by atoms with E-state index in [2.05, 4.69) is 23.8 Å². The molecule has 0 radical (unpaired) electrons. The Labute approximate surface area is 266 Å². The van der Waals surface area contributed by atoms with E-state index in [4.69, 9.17) is 14.2 Å². The van der Waals surface area contributed by atoms with Gasteiger partial charge in [0.05, 0.1) is 36.4 Å². The zero-order chi connectivity index (χ0) is 31.4. The Balaban J connectivity index is 1.71. The number of hydrogen-bond donors (Lipinski definition) is 0. The van der Waals surface area contributed by atoms with Gasteiger partial charge in [0.2, 0.25) is 5.43 Å². The molecule has 3 aromatic rings. The lowest BCUT2D eigenvalue weighted by molar-refractivity contribution is 0.324. The molecule has 0 amide bonds. The molecule has 0 aliphatic carbocycles. The van der Waals surface area contributed by atoms with Crippen LogP contribution in [0, 0.1) is 0 Å². The summed E-state index contributed by atoms with van der Waals surface area (Å²) in [6.45, 7) is 9.45. The summed E-state index contributed by atoms with van der Waals surface area (Å²) in [5.41, 5.74) is 2.27. The Morgan fingerprint density at radius 3 is 1.80 bits per heavy atom. The number of rotatable bonds is 23. The number of benzene rings is 2. The molecule has 44 heavy (non-hydrogen) atoms. The molecule has 1 aromatic heterocycles. The number of hydrogen-bond acceptors (Lipinski definition) is 4. The van der Waals surface area contributed by atoms with Gasteiger partial charge in [-0.05, 0) is 33.6 Å². The summed E-state index contributed by atoms with van der Waals surface area (Å²) in [6.07, 6.45) is 24.3. The van der Waals surface area contributed by atoms with Crippen molar-refractivity contribution in [1.29, 1.82) is 0 Å². The monoisotopic (exact) mass is 603 g/mol. The summed E-state index contributed by atoms with van der Waals surface area (Å²) in [6, 6.07) is 13.8. The fraction of sp³-hybridized carbons (Fsp3) is 0.564. The molecule has 0 spiro atoms. The van der Waals surface area contributed by atoms with E-state index < -0.39 is 0 Å². The van der Waals surface area contributed by atoms with E-state index in [-0.39, 0.29) is 5.43 Å². The summed E-state index contributed by atoms with van der Waals surface area (Å²) in [7, 11) is 0. The second kappa shape index (κ2) is 20.7. The van der Waals surface area contributed by atoms with Crippen molar-refractivity contribution in [2.75, 3.05) is 19.8 Å². The van der Waals surface area contributed by atoms with Gasteiger partial charge in [-0.3, -0.25) is 4.79 Å². The number of allylic oxidation sites excluding steroid dienone is 1. The smallest absolute Gasteiger partial charge is 0.235 e. The number of ether oxygens (including phenoxy) is 3. The lowest BCUT2D eigenvalue weighted by Crippen LogP contribution is -2.16. The molecule has 0 N–H and O–H groups in total. The molecule has 0 aliphatic rings. The highest BCUT2D eigenvalue weighted by Gasteiger charge is 2.22. The number of unbranched alkanes of at least 4 members (excludes halogenated alkanes) is 14. The summed E-state index contributed by atoms with van der Waals surface area (Å²) in [5.74, 6) is 1.55. The van der Waals surface area contributed by atoms with Gasteiger partial charge in [-0.1, -0.05) is 127 Å². The first kappa shape index (κ1) is 35.3. The van der Waals surface area contributed by atoms with E-state index in [0.29, 0.717) is 42.5 Å². The van der Waals surface area contributed by atoms with Crippen LogP contribution in [0.5, 0.6) is 17.2 Å². The second-order valence-corrected chi connectivity index (χ2v) is 11.6. The predicted octanol–water partition coefficient (Wildman–Crippen LogP) is 11.2. The maximum atomic E-state index is 14.0. The molecule has 242 valence electrons. The Bertz CT molecular complexity index is 1310. The largest absolute Gasteiger partial charge is 0.494 e. The predicted molar refractivity (Wildman–Crippen MR) is 187 cm³/mol. The van der Waals surface area contributed by atoms with Crippen LogP contribution in [0.2, 0.25) is 0 Å². The molecule has 5 heteroatoms. The van der Waals surface area contributed by atoms with Crippen LogP contribution in [0.25, 0.3) is 28.4 Å². The molecule has 0 unspecified atom stereocenters. The van der Waals surface area contributed by atoms with Gasteiger partial charge in [-0.2, -0.15) is 0 Å². The maximum Gasteiger partial charge on any atom is 0.235 e. The number of nitrogens with zero attached hydrogens (tertiary/aromatic N) is 1. The summed E-state index contributed by atoms with van der Waals surface area (Å²) >= 11 is 0. The van der Waals surface area contributed by atoms with E-state index in [0.717, 1.165) is 29.6 Å². The zero-order valence-corrected chi connectivity index (χ0v) is 28.0. The standard InChI is InChI=1S/C39H57NO4/c1-5-9-10-11-12-13-14-15-16-17-18-19-20-21-22-26-29-40-34-30-33(42-6-2)31-35(43-7-3)36(34)38(41)39(44-8-4)37(40)32-27-24-23-25-28-32/h23-31H,5-22H2,1-4H3. The molecule has 1 heterocycles. The molecule has 0 fully saturated rings. The molecule has 0 aliphatic heterocycles. The van der Waals surface area contributed by atoms with E-state index in [9.17, 15) is 4.79 Å². The van der Waals surface area contributed by atoms with Gasteiger partial charge < -0.3 is 18.8 Å². The van der Waals surface area contributed by atoms with Gasteiger partial charge in [0.25, 0.3) is 0 Å². The lowest BCUT2D eigenvalue weighted by atomic mass is 10.0. The summed E-state index contributed by atoms with van der Waals surface area (Å²) in [5, 5.41) is 0.513. The van der Waals surface area contributed by atoms with Gasteiger partial charge in [0, 0.05) is 23.9 Å². The summed E-state index contributed by atoms with van der Waals surface area (Å²) < 4.78 is 20.0. The van der Waals surface area contributed by atoms with Gasteiger partial charge in [-0.25, -0.2) is 0 Å². The first-order valence-corrected chi connectivity index (χ1v) is 17.5. The molecular formula is C39H57NO4. The number of pyridine rings is 1. The first-order chi connectivity index (χ1) is 21.7. The topological polar surface area (TPSA) is 49.7 Å². The average Bonchev–Trinajstić information content (AvgIpc) is 3.03. The van der Waals surface area contributed by atoms with Crippen molar-refractivity contribution in [3.05, 3.63) is 58.8 Å². The van der Waals surface area contributed by atoms with Gasteiger partial charge in [-0.15, -0.1) is 0 Å². The van der Waals surface area contributed by atoms with Crippen molar-refractivity contribution in [2.24, 2.45) is 0 Å². The Hall–Kier alpha value is -3.21. The normalized spacial score (nSPS) is 11.5. The number of fused-ring (bicyclic) bond motifs is 1. The van der Waals surface area contributed by atoms with Crippen LogP contribution in [-0.2, 0) is 0 Å². The highest BCUT2D eigenvalue weighted by Crippen LogP contribution is 2.37. The Kier molecular flexibility index (Phi) is 16.6. The van der Waals surface area contributed by atoms with Crippen molar-refractivity contribution in [1.82, 2.24) is 4.57 Å². The second-order valence-electron chi connectivity index (χ2n) is 11.6. The van der Waals surface area contributed by atoms with Crippen LogP contribution in [0.4, 0.5) is 0 Å². The minimum atomic E-state index is -0.163. The van der Waals surface area contributed by atoms with E-state index >= 15 is 0 Å². The molecular weight excluding hydrogens is 546 g/mol. The van der Waals surface area contributed by atoms with Crippen molar-refractivity contribution >= 4 is 17.1 Å². The molecule has 2 aromatic carbocycles. The zero-order valence-electron chi connectivity index (χ0n) is 28.0. The highest BCUT2D eigenvalue weighted by molar-refractivity contribution is 5.93. The van der Waals surface area contributed by atoms with Crippen LogP contribution >= 0.6 is 0 Å². The Morgan fingerprint density at radius 2 is 1.23 bits per heavy atom. The van der Waals surface area contributed by atoms with Crippen LogP contribution in [-0.4, -0.2) is 24.4 Å². The van der Waals surface area contributed by atoms with Crippen LogP contribution in [0.15, 0.2) is 53.3 Å². The Morgan fingerprint density at radius 1 is 0.659 bits per heavy atom. The SMILES string of the molecule is CCCCCCCCCCCCCCCCC=Cn1c(-c2ccccc2)c(OCC)c(=O)c2c(OCC)cc(OCC)cc21. The first-order valence-electron chi connectivity index (χ1n) is 17.5. The fourth-order valence-corrected chi connectivity index (χ4v) is 5.90. The van der Waals surface area contributed by atoms with Gasteiger partial charge >= 0.3 is 0 Å². The molecule has 0 atom stereocenters. The van der Waals surface area contributed by atoms with Crippen LogP contribution < -0.4 is 19.6 Å². The molecule has 3 rings (SSSR count). The van der Waals surface area contributed by atoms with E-state index in [1.54, 1.807) is 0 Å². The minimum absolute atomic E-state index is 0.163. The molecule has 5 nitrogen and oxygen atoms in total.